The number of carbonyl (C=O) groups excluding carboxylic acids is 2. The van der Waals surface area contributed by atoms with Gasteiger partial charge in [-0.25, -0.2) is 4.79 Å². The van der Waals surface area contributed by atoms with E-state index in [1.807, 2.05) is 31.2 Å². The van der Waals surface area contributed by atoms with E-state index in [9.17, 15) is 19.5 Å². The molecule has 1 heterocycles. The van der Waals surface area contributed by atoms with Crippen LogP contribution in [-0.2, 0) is 14.3 Å². The standard InChI is InChI=1S/C26H28N2O5/c1-16-13-28(15-25(16,2)23(30)31)22(29)26(11-12-26)27-24(32)33-14-21-19-9-5-3-7-17(19)18-8-4-6-10-20(18)21/h3-10,16,21H,11-15H2,1-2H3,(H,27,32)(H,30,31). The number of carboxylic acids is 1. The lowest BCUT2D eigenvalue weighted by atomic mass is 9.81. The van der Waals surface area contributed by atoms with Gasteiger partial charge in [0, 0.05) is 19.0 Å². The lowest BCUT2D eigenvalue weighted by molar-refractivity contribution is -0.149. The molecule has 2 aliphatic carbocycles. The molecule has 2 unspecified atom stereocenters. The molecule has 0 aromatic heterocycles. The number of benzene rings is 2. The summed E-state index contributed by atoms with van der Waals surface area (Å²) in [7, 11) is 0. The molecule has 1 saturated heterocycles. The van der Waals surface area contributed by atoms with Gasteiger partial charge in [-0.2, -0.15) is 0 Å². The van der Waals surface area contributed by atoms with Crippen LogP contribution in [0.15, 0.2) is 48.5 Å². The first-order chi connectivity index (χ1) is 15.7. The van der Waals surface area contributed by atoms with E-state index >= 15 is 0 Å². The van der Waals surface area contributed by atoms with Gasteiger partial charge >= 0.3 is 12.1 Å². The van der Waals surface area contributed by atoms with Crippen molar-refractivity contribution < 1.29 is 24.2 Å². The molecule has 2 atom stereocenters. The summed E-state index contributed by atoms with van der Waals surface area (Å²) in [5.74, 6) is -1.33. The average Bonchev–Trinajstić information content (AvgIpc) is 3.41. The molecule has 33 heavy (non-hydrogen) atoms. The number of hydrogen-bond donors (Lipinski definition) is 2. The summed E-state index contributed by atoms with van der Waals surface area (Å²) in [6.07, 6.45) is 0.450. The second-order valence-corrected chi connectivity index (χ2v) is 9.84. The molecule has 7 nitrogen and oxygen atoms in total. The summed E-state index contributed by atoms with van der Waals surface area (Å²) in [5.41, 5.74) is 2.60. The largest absolute Gasteiger partial charge is 0.481 e. The van der Waals surface area contributed by atoms with Crippen LogP contribution < -0.4 is 5.32 Å². The number of carboxylic acid groups (broad SMARTS) is 1. The first-order valence-electron chi connectivity index (χ1n) is 11.4. The molecule has 0 spiro atoms. The SMILES string of the molecule is CC1CN(C(=O)C2(NC(=O)OCC3c4ccccc4-c4ccccc43)CC2)CC1(C)C(=O)O. The molecule has 2 aromatic rings. The number of rotatable bonds is 5. The summed E-state index contributed by atoms with van der Waals surface area (Å²) in [6, 6.07) is 16.2. The number of likely N-dealkylation sites (tertiary alicyclic amines) is 1. The predicted molar refractivity (Wildman–Crippen MR) is 122 cm³/mol. The zero-order valence-corrected chi connectivity index (χ0v) is 18.8. The zero-order chi connectivity index (χ0) is 23.4. The van der Waals surface area contributed by atoms with Crippen LogP contribution in [0.3, 0.4) is 0 Å². The number of amides is 2. The van der Waals surface area contributed by atoms with Gasteiger partial charge in [0.05, 0.1) is 5.41 Å². The number of alkyl carbamates (subject to hydrolysis) is 1. The van der Waals surface area contributed by atoms with Crippen molar-refractivity contribution in [3.63, 3.8) is 0 Å². The van der Waals surface area contributed by atoms with Crippen molar-refractivity contribution in [1.29, 1.82) is 0 Å². The Balaban J connectivity index is 1.24. The summed E-state index contributed by atoms with van der Waals surface area (Å²) in [5, 5.41) is 12.4. The van der Waals surface area contributed by atoms with Gasteiger partial charge < -0.3 is 20.1 Å². The molecule has 1 aliphatic heterocycles. The molecule has 172 valence electrons. The molecule has 0 radical (unpaired) electrons. The van der Waals surface area contributed by atoms with E-state index in [1.54, 1.807) is 11.8 Å². The molecular formula is C26H28N2O5. The molecule has 7 heteroatoms. The normalized spacial score (nSPS) is 24.7. The fourth-order valence-corrected chi connectivity index (χ4v) is 5.23. The summed E-state index contributed by atoms with van der Waals surface area (Å²) < 4.78 is 5.61. The van der Waals surface area contributed by atoms with Gasteiger partial charge in [-0.05, 0) is 47.9 Å². The Kier molecular flexibility index (Phi) is 4.96. The minimum absolute atomic E-state index is 0.0512. The molecule has 2 amide bonds. The zero-order valence-electron chi connectivity index (χ0n) is 18.8. The third-order valence-corrected chi connectivity index (χ3v) is 7.72. The number of ether oxygens (including phenoxy) is 1. The van der Waals surface area contributed by atoms with Gasteiger partial charge in [0.1, 0.15) is 12.1 Å². The van der Waals surface area contributed by atoms with E-state index in [0.29, 0.717) is 19.4 Å². The van der Waals surface area contributed by atoms with E-state index in [4.69, 9.17) is 4.74 Å². The van der Waals surface area contributed by atoms with Gasteiger partial charge in [-0.1, -0.05) is 55.5 Å². The van der Waals surface area contributed by atoms with Crippen molar-refractivity contribution in [2.45, 2.75) is 38.1 Å². The van der Waals surface area contributed by atoms with E-state index < -0.39 is 23.0 Å². The average molecular weight is 449 g/mol. The van der Waals surface area contributed by atoms with Crippen molar-refractivity contribution in [3.05, 3.63) is 59.7 Å². The third kappa shape index (κ3) is 3.46. The third-order valence-electron chi connectivity index (χ3n) is 7.72. The van der Waals surface area contributed by atoms with Crippen LogP contribution in [0.25, 0.3) is 11.1 Å². The van der Waals surface area contributed by atoms with Gasteiger partial charge in [0.2, 0.25) is 5.91 Å². The van der Waals surface area contributed by atoms with E-state index in [-0.39, 0.29) is 30.9 Å². The highest BCUT2D eigenvalue weighted by molar-refractivity contribution is 5.93. The molecule has 2 fully saturated rings. The van der Waals surface area contributed by atoms with Gasteiger partial charge in [0.15, 0.2) is 0 Å². The maximum Gasteiger partial charge on any atom is 0.408 e. The molecular weight excluding hydrogens is 420 g/mol. The second-order valence-electron chi connectivity index (χ2n) is 9.84. The summed E-state index contributed by atoms with van der Waals surface area (Å²) >= 11 is 0. The first-order valence-corrected chi connectivity index (χ1v) is 11.4. The van der Waals surface area contributed by atoms with Gasteiger partial charge in [-0.15, -0.1) is 0 Å². The molecule has 2 aromatic carbocycles. The minimum Gasteiger partial charge on any atom is -0.481 e. The Morgan fingerprint density at radius 2 is 1.64 bits per heavy atom. The highest BCUT2D eigenvalue weighted by Crippen LogP contribution is 2.45. The van der Waals surface area contributed by atoms with Crippen molar-refractivity contribution in [1.82, 2.24) is 10.2 Å². The fourth-order valence-electron chi connectivity index (χ4n) is 5.23. The Labute approximate surface area is 192 Å². The number of hydrogen-bond acceptors (Lipinski definition) is 4. The van der Waals surface area contributed by atoms with Crippen LogP contribution in [-0.4, -0.2) is 53.2 Å². The molecule has 2 N–H and O–H groups in total. The number of carbonyl (C=O) groups is 3. The first kappa shape index (κ1) is 21.5. The number of aliphatic carboxylic acids is 1. The van der Waals surface area contributed by atoms with Crippen molar-refractivity contribution in [2.24, 2.45) is 11.3 Å². The Morgan fingerprint density at radius 3 is 2.15 bits per heavy atom. The van der Waals surface area contributed by atoms with Crippen LogP contribution in [0.2, 0.25) is 0 Å². The topological polar surface area (TPSA) is 95.9 Å². The lowest BCUT2D eigenvalue weighted by Gasteiger charge is -2.25. The Hall–Kier alpha value is -3.35. The molecule has 5 rings (SSSR count). The predicted octanol–water partition coefficient (Wildman–Crippen LogP) is 3.63. The molecule has 3 aliphatic rings. The van der Waals surface area contributed by atoms with Crippen molar-refractivity contribution >= 4 is 18.0 Å². The summed E-state index contributed by atoms with van der Waals surface area (Å²) in [6.45, 7) is 4.22. The van der Waals surface area contributed by atoms with E-state index in [2.05, 4.69) is 29.6 Å². The molecule has 1 saturated carbocycles. The van der Waals surface area contributed by atoms with Crippen molar-refractivity contribution in [2.75, 3.05) is 19.7 Å². The number of nitrogens with one attached hydrogen (secondary N) is 1. The highest BCUT2D eigenvalue weighted by atomic mass is 16.5. The van der Waals surface area contributed by atoms with Gasteiger partial charge in [0.25, 0.3) is 0 Å². The van der Waals surface area contributed by atoms with Crippen LogP contribution in [0, 0.1) is 11.3 Å². The highest BCUT2D eigenvalue weighted by Gasteiger charge is 2.57. The van der Waals surface area contributed by atoms with E-state index in [0.717, 1.165) is 22.3 Å². The Bertz CT molecular complexity index is 1100. The quantitative estimate of drug-likeness (QED) is 0.728. The number of nitrogens with zero attached hydrogens (tertiary/aromatic N) is 1. The maximum absolute atomic E-state index is 13.2. The van der Waals surface area contributed by atoms with Crippen LogP contribution in [0.4, 0.5) is 4.79 Å². The minimum atomic E-state index is -0.980. The summed E-state index contributed by atoms with van der Waals surface area (Å²) in [4.78, 5) is 39.2. The fraction of sp³-hybridized carbons (Fsp3) is 0.423. The van der Waals surface area contributed by atoms with Crippen LogP contribution in [0.1, 0.15) is 43.7 Å². The monoisotopic (exact) mass is 448 g/mol. The van der Waals surface area contributed by atoms with Crippen LogP contribution in [0.5, 0.6) is 0 Å². The smallest absolute Gasteiger partial charge is 0.408 e. The Morgan fingerprint density at radius 1 is 1.06 bits per heavy atom. The second kappa shape index (κ2) is 7.61. The molecule has 0 bridgehead atoms. The van der Waals surface area contributed by atoms with Gasteiger partial charge in [-0.3, -0.25) is 9.59 Å². The lowest BCUT2D eigenvalue weighted by Crippen LogP contribution is -2.51. The van der Waals surface area contributed by atoms with Crippen molar-refractivity contribution in [3.8, 4) is 11.1 Å². The maximum atomic E-state index is 13.2. The van der Waals surface area contributed by atoms with E-state index in [1.165, 1.54) is 0 Å². The number of fused-ring (bicyclic) bond motifs is 3. The van der Waals surface area contributed by atoms with Crippen LogP contribution >= 0.6 is 0 Å².